The van der Waals surface area contributed by atoms with Crippen molar-refractivity contribution in [3.05, 3.63) is 17.3 Å². The van der Waals surface area contributed by atoms with Gasteiger partial charge in [0, 0.05) is 25.6 Å². The molecule has 0 aromatic carbocycles. The lowest BCUT2D eigenvalue weighted by Gasteiger charge is -2.33. The molecule has 1 saturated heterocycles. The van der Waals surface area contributed by atoms with Crippen molar-refractivity contribution in [2.24, 2.45) is 0 Å². The number of nitrogens with zero attached hydrogens (tertiary/aromatic N) is 3. The molecule has 3 rings (SSSR count). The fourth-order valence-corrected chi connectivity index (χ4v) is 3.77. The number of aromatic nitrogens is 2. The van der Waals surface area contributed by atoms with Gasteiger partial charge < -0.3 is 10.2 Å². The number of nitrogens with one attached hydrogen (secondary N) is 1. The lowest BCUT2D eigenvalue weighted by molar-refractivity contribution is -0.121. The maximum Gasteiger partial charge on any atom is 0.219 e. The van der Waals surface area contributed by atoms with E-state index in [1.54, 1.807) is 17.7 Å². The zero-order valence-electron chi connectivity index (χ0n) is 12.4. The molecule has 0 radical (unpaired) electrons. The minimum Gasteiger partial charge on any atom is -0.355 e. The van der Waals surface area contributed by atoms with Crippen molar-refractivity contribution < 1.29 is 4.79 Å². The topological polar surface area (TPSA) is 58.1 Å². The Labute approximate surface area is 128 Å². The zero-order chi connectivity index (χ0) is 14.8. The first-order valence-electron chi connectivity index (χ1n) is 7.42. The van der Waals surface area contributed by atoms with Gasteiger partial charge in [-0.1, -0.05) is 6.92 Å². The van der Waals surface area contributed by atoms with E-state index in [4.69, 9.17) is 0 Å². The van der Waals surface area contributed by atoms with E-state index >= 15 is 0 Å². The number of fused-ring (bicyclic) bond motifs is 1. The summed E-state index contributed by atoms with van der Waals surface area (Å²) in [5.41, 5.74) is 2.27. The Kier molecular flexibility index (Phi) is 4.05. The Morgan fingerprint density at radius 2 is 2.19 bits per heavy atom. The van der Waals surface area contributed by atoms with Gasteiger partial charge in [-0.15, -0.1) is 11.3 Å². The van der Waals surface area contributed by atoms with Crippen LogP contribution in [-0.4, -0.2) is 35.0 Å². The number of amides is 1. The molecule has 1 amide bonds. The predicted molar refractivity (Wildman–Crippen MR) is 85.8 cm³/mol. The molecule has 1 aliphatic rings. The summed E-state index contributed by atoms with van der Waals surface area (Å²) in [4.78, 5) is 22.6. The van der Waals surface area contributed by atoms with Gasteiger partial charge in [-0.25, -0.2) is 9.97 Å². The second-order valence-corrected chi connectivity index (χ2v) is 6.36. The number of anilines is 1. The van der Waals surface area contributed by atoms with Gasteiger partial charge in [0.05, 0.1) is 10.2 Å². The van der Waals surface area contributed by atoms with Gasteiger partial charge in [0.25, 0.3) is 0 Å². The Bertz CT molecular complexity index is 646. The molecule has 0 spiro atoms. The van der Waals surface area contributed by atoms with E-state index in [1.165, 1.54) is 10.3 Å². The quantitative estimate of drug-likeness (QED) is 0.946. The van der Waals surface area contributed by atoms with E-state index < -0.39 is 0 Å². The van der Waals surface area contributed by atoms with Crippen LogP contribution >= 0.6 is 11.3 Å². The van der Waals surface area contributed by atoms with E-state index in [9.17, 15) is 4.79 Å². The Morgan fingerprint density at radius 1 is 1.43 bits per heavy atom. The Hall–Kier alpha value is -1.69. The normalized spacial score (nSPS) is 16.4. The SMILES string of the molecule is CCC(=O)NC1CCN(c2ncnc3c(C)csc23)CC1. The molecule has 1 fully saturated rings. The first kappa shape index (κ1) is 14.3. The molecule has 2 aromatic heterocycles. The lowest BCUT2D eigenvalue weighted by atomic mass is 10.0. The highest BCUT2D eigenvalue weighted by Crippen LogP contribution is 2.32. The van der Waals surface area contributed by atoms with Crippen LogP contribution in [0.5, 0.6) is 0 Å². The molecule has 2 aromatic rings. The van der Waals surface area contributed by atoms with Crippen molar-refractivity contribution >= 4 is 33.3 Å². The molecule has 6 heteroatoms. The zero-order valence-corrected chi connectivity index (χ0v) is 13.2. The maximum atomic E-state index is 11.5. The lowest BCUT2D eigenvalue weighted by Crippen LogP contribution is -2.44. The highest BCUT2D eigenvalue weighted by atomic mass is 32.1. The van der Waals surface area contributed by atoms with E-state index in [1.807, 2.05) is 6.92 Å². The molecule has 1 N–H and O–H groups in total. The molecule has 0 aliphatic carbocycles. The van der Waals surface area contributed by atoms with Crippen LogP contribution in [0.1, 0.15) is 31.7 Å². The third-order valence-electron chi connectivity index (χ3n) is 3.99. The number of piperidine rings is 1. The first-order chi connectivity index (χ1) is 10.2. The van der Waals surface area contributed by atoms with E-state index in [0.717, 1.165) is 37.3 Å². The Balaban J connectivity index is 1.72. The molecule has 0 atom stereocenters. The van der Waals surface area contributed by atoms with Gasteiger partial charge >= 0.3 is 0 Å². The van der Waals surface area contributed by atoms with Crippen molar-refractivity contribution in [3.63, 3.8) is 0 Å². The minimum atomic E-state index is 0.145. The molecular weight excluding hydrogens is 284 g/mol. The first-order valence-corrected chi connectivity index (χ1v) is 8.30. The summed E-state index contributed by atoms with van der Waals surface area (Å²) < 4.78 is 1.17. The highest BCUT2D eigenvalue weighted by molar-refractivity contribution is 7.18. The second kappa shape index (κ2) is 5.97. The van der Waals surface area contributed by atoms with Crippen LogP contribution in [-0.2, 0) is 4.79 Å². The van der Waals surface area contributed by atoms with Gasteiger partial charge in [0.15, 0.2) is 0 Å². The molecule has 0 bridgehead atoms. The average Bonchev–Trinajstić information content (AvgIpc) is 2.90. The highest BCUT2D eigenvalue weighted by Gasteiger charge is 2.23. The van der Waals surface area contributed by atoms with Crippen LogP contribution in [0.2, 0.25) is 0 Å². The number of carbonyl (C=O) groups excluding carboxylic acids is 1. The number of carbonyl (C=O) groups is 1. The van der Waals surface area contributed by atoms with E-state index in [0.29, 0.717) is 12.5 Å². The van der Waals surface area contributed by atoms with Crippen molar-refractivity contribution in [2.75, 3.05) is 18.0 Å². The third-order valence-corrected chi connectivity index (χ3v) is 5.08. The van der Waals surface area contributed by atoms with Crippen LogP contribution in [0.4, 0.5) is 5.82 Å². The van der Waals surface area contributed by atoms with Crippen LogP contribution < -0.4 is 10.2 Å². The fourth-order valence-electron chi connectivity index (χ4n) is 2.75. The molecule has 0 unspecified atom stereocenters. The summed E-state index contributed by atoms with van der Waals surface area (Å²) in [6, 6.07) is 0.302. The number of hydrogen-bond donors (Lipinski definition) is 1. The number of thiophene rings is 1. The standard InChI is InChI=1S/C15H20N4OS/c1-3-12(20)18-11-4-6-19(7-5-11)15-14-13(16-9-17-15)10(2)8-21-14/h8-9,11H,3-7H2,1-2H3,(H,18,20). The molecule has 21 heavy (non-hydrogen) atoms. The van der Waals surface area contributed by atoms with Gasteiger partial charge in [-0.05, 0) is 30.7 Å². The summed E-state index contributed by atoms with van der Waals surface area (Å²) in [6.07, 6.45) is 4.16. The second-order valence-electron chi connectivity index (χ2n) is 5.48. The molecule has 1 aliphatic heterocycles. The molecule has 5 nitrogen and oxygen atoms in total. The third kappa shape index (κ3) is 2.85. The fraction of sp³-hybridized carbons (Fsp3) is 0.533. The molecule has 0 saturated carbocycles. The summed E-state index contributed by atoms with van der Waals surface area (Å²) in [6.45, 7) is 5.83. The largest absolute Gasteiger partial charge is 0.355 e. The summed E-state index contributed by atoms with van der Waals surface area (Å²) >= 11 is 1.71. The number of hydrogen-bond acceptors (Lipinski definition) is 5. The van der Waals surface area contributed by atoms with Crippen LogP contribution in [0, 0.1) is 6.92 Å². The van der Waals surface area contributed by atoms with Crippen molar-refractivity contribution in [1.29, 1.82) is 0 Å². The molecule has 112 valence electrons. The van der Waals surface area contributed by atoms with Crippen LogP contribution in [0.3, 0.4) is 0 Å². The minimum absolute atomic E-state index is 0.145. The summed E-state index contributed by atoms with van der Waals surface area (Å²) in [5, 5.41) is 5.22. The van der Waals surface area contributed by atoms with Gasteiger partial charge in [0.1, 0.15) is 12.1 Å². The summed E-state index contributed by atoms with van der Waals surface area (Å²) in [5.74, 6) is 1.19. The van der Waals surface area contributed by atoms with Crippen molar-refractivity contribution in [3.8, 4) is 0 Å². The van der Waals surface area contributed by atoms with Crippen LogP contribution in [0.15, 0.2) is 11.7 Å². The average molecular weight is 304 g/mol. The van der Waals surface area contributed by atoms with E-state index in [2.05, 4.69) is 32.5 Å². The van der Waals surface area contributed by atoms with Crippen molar-refractivity contribution in [2.45, 2.75) is 39.2 Å². The summed E-state index contributed by atoms with van der Waals surface area (Å²) in [7, 11) is 0. The van der Waals surface area contributed by atoms with Gasteiger partial charge in [0.2, 0.25) is 5.91 Å². The maximum absolute atomic E-state index is 11.5. The number of aryl methyl sites for hydroxylation is 1. The number of rotatable bonds is 3. The Morgan fingerprint density at radius 3 is 2.90 bits per heavy atom. The monoisotopic (exact) mass is 304 g/mol. The van der Waals surface area contributed by atoms with Gasteiger partial charge in [-0.3, -0.25) is 4.79 Å². The van der Waals surface area contributed by atoms with Crippen molar-refractivity contribution in [1.82, 2.24) is 15.3 Å². The van der Waals surface area contributed by atoms with Crippen LogP contribution in [0.25, 0.3) is 10.2 Å². The molecule has 3 heterocycles. The predicted octanol–water partition coefficient (Wildman–Crippen LogP) is 2.49. The molecular formula is C15H20N4OS. The van der Waals surface area contributed by atoms with E-state index in [-0.39, 0.29) is 5.91 Å². The smallest absolute Gasteiger partial charge is 0.219 e. The van der Waals surface area contributed by atoms with Gasteiger partial charge in [-0.2, -0.15) is 0 Å².